The molecule has 0 unspecified atom stereocenters. The zero-order valence-corrected chi connectivity index (χ0v) is 14.3. The lowest BCUT2D eigenvalue weighted by molar-refractivity contribution is 0.322. The maximum absolute atomic E-state index is 4.34. The van der Waals surface area contributed by atoms with Gasteiger partial charge in [0, 0.05) is 40.6 Å². The fraction of sp³-hybridized carbons (Fsp3) is 0.400. The molecule has 1 N–H and O–H groups in total. The van der Waals surface area contributed by atoms with Crippen molar-refractivity contribution < 1.29 is 0 Å². The first-order valence-corrected chi connectivity index (χ1v) is 8.45. The molecule has 2 heterocycles. The van der Waals surface area contributed by atoms with Gasteiger partial charge in [0.1, 0.15) is 5.82 Å². The topological polar surface area (TPSA) is 28.2 Å². The van der Waals surface area contributed by atoms with Crippen molar-refractivity contribution in [2.45, 2.75) is 26.4 Å². The molecule has 2 aromatic rings. The highest BCUT2D eigenvalue weighted by molar-refractivity contribution is 9.10. The van der Waals surface area contributed by atoms with E-state index in [9.17, 15) is 0 Å². The van der Waals surface area contributed by atoms with E-state index in [1.807, 2.05) is 6.20 Å². The standard InChI is InChI=1S/C15H20BrN3S/c1-3-5-17-15-7-12(4-6-18-15)9-19(2)10-14-8-13(16)11-20-14/h4,6-8,11H,3,5,9-10H2,1-2H3,(H,17,18). The predicted octanol–water partition coefficient (Wildman–Crippen LogP) is 4.36. The van der Waals surface area contributed by atoms with Gasteiger partial charge in [-0.15, -0.1) is 11.3 Å². The van der Waals surface area contributed by atoms with Crippen LogP contribution < -0.4 is 5.32 Å². The minimum Gasteiger partial charge on any atom is -0.370 e. The number of rotatable bonds is 7. The van der Waals surface area contributed by atoms with Crippen LogP contribution in [-0.4, -0.2) is 23.5 Å². The molecule has 0 aliphatic carbocycles. The Bertz CT molecular complexity index is 541. The second-order valence-electron chi connectivity index (χ2n) is 4.88. The second-order valence-corrected chi connectivity index (χ2v) is 6.79. The molecule has 2 aromatic heterocycles. The minimum absolute atomic E-state index is 0.929. The highest BCUT2D eigenvalue weighted by Gasteiger charge is 2.05. The number of halogens is 1. The summed E-state index contributed by atoms with van der Waals surface area (Å²) in [5.41, 5.74) is 1.29. The number of hydrogen-bond acceptors (Lipinski definition) is 4. The molecule has 0 amide bonds. The van der Waals surface area contributed by atoms with Crippen LogP contribution in [0.2, 0.25) is 0 Å². The number of anilines is 1. The number of pyridine rings is 1. The van der Waals surface area contributed by atoms with Crippen molar-refractivity contribution in [3.63, 3.8) is 0 Å². The summed E-state index contributed by atoms with van der Waals surface area (Å²) in [5, 5.41) is 5.45. The van der Waals surface area contributed by atoms with E-state index in [-0.39, 0.29) is 0 Å². The van der Waals surface area contributed by atoms with Crippen molar-refractivity contribution in [1.82, 2.24) is 9.88 Å². The highest BCUT2D eigenvalue weighted by Crippen LogP contribution is 2.21. The molecule has 0 bridgehead atoms. The number of aromatic nitrogens is 1. The van der Waals surface area contributed by atoms with E-state index in [2.05, 4.69) is 68.7 Å². The molecular formula is C15H20BrN3S. The molecule has 3 nitrogen and oxygen atoms in total. The Labute approximate surface area is 133 Å². The molecule has 108 valence electrons. The fourth-order valence-electron chi connectivity index (χ4n) is 1.99. The quantitative estimate of drug-likeness (QED) is 0.801. The Morgan fingerprint density at radius 1 is 1.35 bits per heavy atom. The Morgan fingerprint density at radius 2 is 2.20 bits per heavy atom. The van der Waals surface area contributed by atoms with Crippen LogP contribution in [0.25, 0.3) is 0 Å². The molecule has 0 fully saturated rings. The van der Waals surface area contributed by atoms with E-state index in [1.54, 1.807) is 11.3 Å². The number of thiophene rings is 1. The zero-order chi connectivity index (χ0) is 14.4. The van der Waals surface area contributed by atoms with Crippen molar-refractivity contribution in [1.29, 1.82) is 0 Å². The van der Waals surface area contributed by atoms with Crippen LogP contribution in [-0.2, 0) is 13.1 Å². The molecule has 0 radical (unpaired) electrons. The van der Waals surface area contributed by atoms with Crippen LogP contribution in [0.1, 0.15) is 23.8 Å². The first-order valence-electron chi connectivity index (χ1n) is 6.77. The van der Waals surface area contributed by atoms with E-state index in [1.165, 1.54) is 14.9 Å². The number of hydrogen-bond donors (Lipinski definition) is 1. The average molecular weight is 354 g/mol. The van der Waals surface area contributed by atoms with Gasteiger partial charge in [0.05, 0.1) is 0 Å². The molecular weight excluding hydrogens is 334 g/mol. The Balaban J connectivity index is 1.91. The summed E-state index contributed by atoms with van der Waals surface area (Å²) in [6.07, 6.45) is 2.99. The normalized spacial score (nSPS) is 11.0. The highest BCUT2D eigenvalue weighted by atomic mass is 79.9. The third-order valence-electron chi connectivity index (χ3n) is 2.88. The molecule has 2 rings (SSSR count). The third-order valence-corrected chi connectivity index (χ3v) is 4.56. The molecule has 5 heteroatoms. The summed E-state index contributed by atoms with van der Waals surface area (Å²) in [7, 11) is 2.15. The van der Waals surface area contributed by atoms with Gasteiger partial charge in [-0.3, -0.25) is 4.90 Å². The lowest BCUT2D eigenvalue weighted by Gasteiger charge is -2.16. The first-order chi connectivity index (χ1) is 9.67. The molecule has 0 spiro atoms. The van der Waals surface area contributed by atoms with Gasteiger partial charge in [-0.05, 0) is 53.2 Å². The van der Waals surface area contributed by atoms with Gasteiger partial charge in [-0.2, -0.15) is 0 Å². The summed E-state index contributed by atoms with van der Waals surface area (Å²) in [4.78, 5) is 8.03. The van der Waals surface area contributed by atoms with Gasteiger partial charge in [0.2, 0.25) is 0 Å². The lowest BCUT2D eigenvalue weighted by Crippen LogP contribution is -2.16. The van der Waals surface area contributed by atoms with Gasteiger partial charge in [-0.1, -0.05) is 6.92 Å². The largest absolute Gasteiger partial charge is 0.370 e. The van der Waals surface area contributed by atoms with E-state index >= 15 is 0 Å². The Kier molecular flexibility index (Phi) is 6.01. The maximum Gasteiger partial charge on any atom is 0.126 e. The SMILES string of the molecule is CCCNc1cc(CN(C)Cc2cc(Br)cs2)ccn1. The van der Waals surface area contributed by atoms with Crippen molar-refractivity contribution in [2.24, 2.45) is 0 Å². The van der Waals surface area contributed by atoms with Crippen LogP contribution in [0, 0.1) is 0 Å². The summed E-state index contributed by atoms with van der Waals surface area (Å²) in [6, 6.07) is 6.40. The van der Waals surface area contributed by atoms with Crippen molar-refractivity contribution in [3.05, 3.63) is 44.7 Å². The molecule has 20 heavy (non-hydrogen) atoms. The van der Waals surface area contributed by atoms with Crippen molar-refractivity contribution >= 4 is 33.1 Å². The summed E-state index contributed by atoms with van der Waals surface area (Å²) in [6.45, 7) is 5.02. The zero-order valence-electron chi connectivity index (χ0n) is 11.9. The predicted molar refractivity (Wildman–Crippen MR) is 90.2 cm³/mol. The van der Waals surface area contributed by atoms with E-state index in [0.717, 1.165) is 31.9 Å². The van der Waals surface area contributed by atoms with Gasteiger partial charge < -0.3 is 5.32 Å². The van der Waals surface area contributed by atoms with Gasteiger partial charge >= 0.3 is 0 Å². The van der Waals surface area contributed by atoms with E-state index in [4.69, 9.17) is 0 Å². The molecule has 0 aliphatic rings. The van der Waals surface area contributed by atoms with Crippen LogP contribution in [0.15, 0.2) is 34.2 Å². The lowest BCUT2D eigenvalue weighted by atomic mass is 10.2. The monoisotopic (exact) mass is 353 g/mol. The first kappa shape index (κ1) is 15.5. The Hall–Kier alpha value is -0.910. The average Bonchev–Trinajstić information content (AvgIpc) is 2.82. The Morgan fingerprint density at radius 3 is 2.90 bits per heavy atom. The van der Waals surface area contributed by atoms with Gasteiger partial charge in [-0.25, -0.2) is 4.98 Å². The molecule has 0 saturated carbocycles. The molecule has 0 atom stereocenters. The van der Waals surface area contributed by atoms with Gasteiger partial charge in [0.15, 0.2) is 0 Å². The third kappa shape index (κ3) is 4.89. The summed E-state index contributed by atoms with van der Waals surface area (Å²) < 4.78 is 1.17. The van der Waals surface area contributed by atoms with Crippen LogP contribution in [0.5, 0.6) is 0 Å². The van der Waals surface area contributed by atoms with Crippen LogP contribution in [0.3, 0.4) is 0 Å². The van der Waals surface area contributed by atoms with Crippen LogP contribution in [0.4, 0.5) is 5.82 Å². The maximum atomic E-state index is 4.34. The second kappa shape index (κ2) is 7.76. The molecule has 0 saturated heterocycles. The van der Waals surface area contributed by atoms with E-state index < -0.39 is 0 Å². The van der Waals surface area contributed by atoms with Crippen molar-refractivity contribution in [2.75, 3.05) is 18.9 Å². The van der Waals surface area contributed by atoms with Crippen molar-refractivity contribution in [3.8, 4) is 0 Å². The van der Waals surface area contributed by atoms with Gasteiger partial charge in [0.25, 0.3) is 0 Å². The summed E-state index contributed by atoms with van der Waals surface area (Å²) in [5.74, 6) is 0.969. The van der Waals surface area contributed by atoms with E-state index in [0.29, 0.717) is 0 Å². The smallest absolute Gasteiger partial charge is 0.126 e. The number of nitrogens with zero attached hydrogens (tertiary/aromatic N) is 2. The molecule has 0 aliphatic heterocycles. The minimum atomic E-state index is 0.929. The molecule has 0 aromatic carbocycles. The van der Waals surface area contributed by atoms with Crippen LogP contribution >= 0.6 is 27.3 Å². The fourth-order valence-corrected chi connectivity index (χ4v) is 3.52. The summed E-state index contributed by atoms with van der Waals surface area (Å²) >= 11 is 5.29. The number of nitrogens with one attached hydrogen (secondary N) is 1.